The number of nitrogens with zero attached hydrogens (tertiary/aromatic N) is 4. The van der Waals surface area contributed by atoms with E-state index in [4.69, 9.17) is 0 Å². The smallest absolute Gasteiger partial charge is 0.281 e. The van der Waals surface area contributed by atoms with Gasteiger partial charge >= 0.3 is 0 Å². The van der Waals surface area contributed by atoms with Crippen LogP contribution in [0, 0.1) is 0 Å². The number of hydrogen-bond acceptors (Lipinski definition) is 4. The third kappa shape index (κ3) is 3.95. The van der Waals surface area contributed by atoms with Crippen LogP contribution in [0.5, 0.6) is 0 Å². The minimum Gasteiger partial charge on any atom is -0.368 e. The Hall–Kier alpha value is -3.49. The molecule has 1 amide bonds. The highest BCUT2D eigenvalue weighted by atomic mass is 19.3. The quantitative estimate of drug-likeness (QED) is 0.506. The van der Waals surface area contributed by atoms with Gasteiger partial charge in [0.2, 0.25) is 0 Å². The van der Waals surface area contributed by atoms with Gasteiger partial charge in [-0.1, -0.05) is 12.1 Å². The molecule has 1 saturated carbocycles. The van der Waals surface area contributed by atoms with Gasteiger partial charge in [0.05, 0.1) is 5.52 Å². The van der Waals surface area contributed by atoms with E-state index in [2.05, 4.69) is 20.7 Å². The number of carbonyl (C=O) groups is 1. The fourth-order valence-corrected chi connectivity index (χ4v) is 4.15. The van der Waals surface area contributed by atoms with Crippen LogP contribution in [0.15, 0.2) is 54.9 Å². The van der Waals surface area contributed by atoms with Gasteiger partial charge in [-0.3, -0.25) is 9.20 Å². The second kappa shape index (κ2) is 7.98. The molecule has 7 nitrogen and oxygen atoms in total. The summed E-state index contributed by atoms with van der Waals surface area (Å²) in [5, 5.41) is 10.9. The first-order chi connectivity index (χ1) is 15.1. The monoisotopic (exact) mass is 424 g/mol. The average Bonchev–Trinajstić information content (AvgIpc) is 3.40. The molecule has 5 rings (SSSR count). The molecule has 0 unspecified atom stereocenters. The van der Waals surface area contributed by atoms with Crippen LogP contribution in [-0.2, 0) is 0 Å². The Kier molecular flexibility index (Phi) is 5.01. The highest BCUT2D eigenvalue weighted by Crippen LogP contribution is 2.25. The number of fused-ring (bicyclic) bond motifs is 2. The highest BCUT2D eigenvalue weighted by Gasteiger charge is 2.24. The van der Waals surface area contributed by atoms with E-state index in [0.717, 1.165) is 37.0 Å². The molecule has 31 heavy (non-hydrogen) atoms. The van der Waals surface area contributed by atoms with Crippen LogP contribution in [0.25, 0.3) is 11.2 Å². The summed E-state index contributed by atoms with van der Waals surface area (Å²) < 4.78 is 29.3. The maximum atomic E-state index is 13.0. The van der Waals surface area contributed by atoms with Gasteiger partial charge < -0.3 is 10.6 Å². The predicted octanol–water partition coefficient (Wildman–Crippen LogP) is 4.07. The standard InChI is InChI=1S/C22H22F2N6O/c23-21(24)18-13-29-19(5-3-6-20(29)27-18)25-14-7-9-15(10-8-14)26-22(31)17-12-16-4-1-2-11-30(16)28-17/h1-6,11-15,21,25H,7-10H2,(H,26,31). The Balaban J connectivity index is 1.20. The number of nitrogens with one attached hydrogen (secondary N) is 2. The lowest BCUT2D eigenvalue weighted by Gasteiger charge is -2.30. The first kappa shape index (κ1) is 19.5. The third-order valence-electron chi connectivity index (χ3n) is 5.75. The van der Waals surface area contributed by atoms with Crippen molar-refractivity contribution in [2.75, 3.05) is 5.32 Å². The minimum atomic E-state index is -2.60. The van der Waals surface area contributed by atoms with Gasteiger partial charge in [-0.05, 0) is 56.0 Å². The van der Waals surface area contributed by atoms with Crippen molar-refractivity contribution in [3.63, 3.8) is 0 Å². The number of rotatable bonds is 5. The van der Waals surface area contributed by atoms with Gasteiger partial charge in [-0.15, -0.1) is 0 Å². The molecule has 4 aromatic heterocycles. The average molecular weight is 424 g/mol. The number of halogens is 2. The predicted molar refractivity (Wildman–Crippen MR) is 112 cm³/mol. The van der Waals surface area contributed by atoms with Crippen LogP contribution in [0.3, 0.4) is 0 Å². The van der Waals surface area contributed by atoms with Crippen LogP contribution in [0.1, 0.15) is 48.3 Å². The summed E-state index contributed by atoms with van der Waals surface area (Å²) in [6, 6.07) is 13.1. The Morgan fingerprint density at radius 2 is 1.87 bits per heavy atom. The number of imidazole rings is 1. The summed E-state index contributed by atoms with van der Waals surface area (Å²) >= 11 is 0. The zero-order valence-electron chi connectivity index (χ0n) is 16.7. The second-order valence-corrected chi connectivity index (χ2v) is 7.87. The van der Waals surface area contributed by atoms with Crippen LogP contribution >= 0.6 is 0 Å². The normalized spacial score (nSPS) is 19.2. The van der Waals surface area contributed by atoms with Crippen molar-refractivity contribution in [1.29, 1.82) is 0 Å². The SMILES string of the molecule is O=C(NC1CCC(Nc2cccc3nc(C(F)F)cn23)CC1)c1cc2ccccn2n1. The number of amides is 1. The summed E-state index contributed by atoms with van der Waals surface area (Å²) in [4.78, 5) is 16.6. The molecule has 2 N–H and O–H groups in total. The molecular formula is C22H22F2N6O. The summed E-state index contributed by atoms with van der Waals surface area (Å²) in [5.41, 5.74) is 1.55. The maximum Gasteiger partial charge on any atom is 0.281 e. The van der Waals surface area contributed by atoms with Crippen molar-refractivity contribution in [2.24, 2.45) is 0 Å². The number of carbonyl (C=O) groups excluding carboxylic acids is 1. The molecule has 1 aliphatic carbocycles. The minimum absolute atomic E-state index is 0.0878. The largest absolute Gasteiger partial charge is 0.368 e. The van der Waals surface area contributed by atoms with E-state index in [9.17, 15) is 13.6 Å². The summed E-state index contributed by atoms with van der Waals surface area (Å²) in [7, 11) is 0. The first-order valence-corrected chi connectivity index (χ1v) is 10.3. The van der Waals surface area contributed by atoms with Gasteiger partial charge in [0, 0.05) is 24.5 Å². The molecule has 0 spiro atoms. The molecule has 160 valence electrons. The molecule has 4 heterocycles. The van der Waals surface area contributed by atoms with Gasteiger partial charge in [0.25, 0.3) is 12.3 Å². The molecule has 9 heteroatoms. The van der Waals surface area contributed by atoms with Gasteiger partial charge in [-0.25, -0.2) is 18.3 Å². The lowest BCUT2D eigenvalue weighted by atomic mass is 9.91. The van der Waals surface area contributed by atoms with Crippen LogP contribution < -0.4 is 10.6 Å². The fraction of sp³-hybridized carbons (Fsp3) is 0.318. The number of hydrogen-bond donors (Lipinski definition) is 2. The summed E-state index contributed by atoms with van der Waals surface area (Å²) in [5.74, 6) is 0.580. The first-order valence-electron chi connectivity index (χ1n) is 10.3. The molecule has 0 bridgehead atoms. The number of alkyl halides is 2. The Labute approximate surface area is 177 Å². The van der Waals surface area contributed by atoms with Crippen molar-refractivity contribution in [3.05, 3.63) is 66.2 Å². The second-order valence-electron chi connectivity index (χ2n) is 7.87. The van der Waals surface area contributed by atoms with E-state index in [1.54, 1.807) is 27.1 Å². The lowest BCUT2D eigenvalue weighted by molar-refractivity contribution is 0.0921. The van der Waals surface area contributed by atoms with E-state index >= 15 is 0 Å². The molecule has 0 atom stereocenters. The molecule has 1 aliphatic rings. The van der Waals surface area contributed by atoms with E-state index in [-0.39, 0.29) is 23.7 Å². The van der Waals surface area contributed by atoms with Gasteiger partial charge in [0.15, 0.2) is 5.69 Å². The van der Waals surface area contributed by atoms with Crippen LogP contribution in [0.4, 0.5) is 14.6 Å². The maximum absolute atomic E-state index is 13.0. The van der Waals surface area contributed by atoms with E-state index in [0.29, 0.717) is 11.3 Å². The number of aromatic nitrogens is 4. The van der Waals surface area contributed by atoms with Gasteiger partial charge in [-0.2, -0.15) is 5.10 Å². The van der Waals surface area contributed by atoms with E-state index in [1.165, 1.54) is 6.20 Å². The van der Waals surface area contributed by atoms with Crippen molar-refractivity contribution in [3.8, 4) is 0 Å². The molecular weight excluding hydrogens is 402 g/mol. The topological polar surface area (TPSA) is 75.7 Å². The van der Waals surface area contributed by atoms with E-state index < -0.39 is 6.43 Å². The van der Waals surface area contributed by atoms with Crippen molar-refractivity contribution in [1.82, 2.24) is 24.3 Å². The van der Waals surface area contributed by atoms with Gasteiger partial charge in [0.1, 0.15) is 17.2 Å². The summed E-state index contributed by atoms with van der Waals surface area (Å²) in [6.45, 7) is 0. The number of anilines is 1. The van der Waals surface area contributed by atoms with Crippen molar-refractivity contribution >= 4 is 22.9 Å². The van der Waals surface area contributed by atoms with Crippen LogP contribution in [-0.4, -0.2) is 37.0 Å². The summed E-state index contributed by atoms with van der Waals surface area (Å²) in [6.07, 6.45) is 3.99. The molecule has 0 aliphatic heterocycles. The fourth-order valence-electron chi connectivity index (χ4n) is 4.15. The van der Waals surface area contributed by atoms with Crippen molar-refractivity contribution in [2.45, 2.75) is 44.2 Å². The molecule has 1 fully saturated rings. The molecule has 0 saturated heterocycles. The Morgan fingerprint density at radius 3 is 2.65 bits per heavy atom. The zero-order chi connectivity index (χ0) is 21.4. The number of pyridine rings is 2. The Bertz CT molecular complexity index is 1190. The van der Waals surface area contributed by atoms with E-state index in [1.807, 2.05) is 30.5 Å². The highest BCUT2D eigenvalue weighted by molar-refractivity contribution is 5.93. The lowest BCUT2D eigenvalue weighted by Crippen LogP contribution is -2.40. The third-order valence-corrected chi connectivity index (χ3v) is 5.75. The van der Waals surface area contributed by atoms with Crippen molar-refractivity contribution < 1.29 is 13.6 Å². The molecule has 4 aromatic rings. The molecule has 0 aromatic carbocycles. The zero-order valence-corrected chi connectivity index (χ0v) is 16.7. The Morgan fingerprint density at radius 1 is 1.06 bits per heavy atom. The van der Waals surface area contributed by atoms with Crippen LogP contribution in [0.2, 0.25) is 0 Å². The molecule has 0 radical (unpaired) electrons.